The molecule has 0 aliphatic carbocycles. The predicted octanol–water partition coefficient (Wildman–Crippen LogP) is 3.07. The number of nitrogens with one attached hydrogen (secondary N) is 1. The van der Waals surface area contributed by atoms with Gasteiger partial charge in [0.25, 0.3) is 0 Å². The lowest BCUT2D eigenvalue weighted by Crippen LogP contribution is -2.37. The van der Waals surface area contributed by atoms with Gasteiger partial charge < -0.3 is 5.32 Å². The summed E-state index contributed by atoms with van der Waals surface area (Å²) in [6.07, 6.45) is 3.01. The Balaban J connectivity index is 1.37. The zero-order chi connectivity index (χ0) is 16.4. The van der Waals surface area contributed by atoms with Crippen LogP contribution < -0.4 is 5.32 Å². The standard InChI is InChI=1S/C18H21N5S/c1-2-16-21-17-9-8-14(11-23(17)22-16)19-10-18-20-15(12-24-18)13-6-4-3-5-7-13/h3-7,12,14,19H,2,8-11H2,1H3/t14-/m1/s1. The van der Waals surface area contributed by atoms with Crippen LogP contribution in [-0.2, 0) is 25.9 Å². The van der Waals surface area contributed by atoms with Crippen LogP contribution in [0.4, 0.5) is 0 Å². The van der Waals surface area contributed by atoms with Crippen LogP contribution in [0.1, 0.15) is 30.0 Å². The maximum absolute atomic E-state index is 4.75. The van der Waals surface area contributed by atoms with Gasteiger partial charge in [-0.05, 0) is 6.42 Å². The molecule has 0 bridgehead atoms. The van der Waals surface area contributed by atoms with Crippen molar-refractivity contribution < 1.29 is 0 Å². The third kappa shape index (κ3) is 3.25. The van der Waals surface area contributed by atoms with Crippen LogP contribution in [0.2, 0.25) is 0 Å². The van der Waals surface area contributed by atoms with Crippen LogP contribution >= 0.6 is 11.3 Å². The fraction of sp³-hybridized carbons (Fsp3) is 0.389. The van der Waals surface area contributed by atoms with E-state index in [2.05, 4.69) is 56.7 Å². The normalized spacial score (nSPS) is 17.0. The topological polar surface area (TPSA) is 55.6 Å². The van der Waals surface area contributed by atoms with Crippen LogP contribution in [0.5, 0.6) is 0 Å². The van der Waals surface area contributed by atoms with Gasteiger partial charge in [-0.25, -0.2) is 14.6 Å². The quantitative estimate of drug-likeness (QED) is 0.776. The number of rotatable bonds is 5. The molecule has 2 aromatic heterocycles. The molecule has 1 aromatic carbocycles. The number of benzene rings is 1. The van der Waals surface area contributed by atoms with Gasteiger partial charge in [-0.2, -0.15) is 5.10 Å². The molecule has 3 aromatic rings. The Kier molecular flexibility index (Phi) is 4.40. The highest BCUT2D eigenvalue weighted by atomic mass is 32.1. The molecule has 5 nitrogen and oxygen atoms in total. The second-order valence-electron chi connectivity index (χ2n) is 6.09. The molecule has 4 rings (SSSR count). The van der Waals surface area contributed by atoms with Gasteiger partial charge in [-0.15, -0.1) is 11.3 Å². The Morgan fingerprint density at radius 3 is 2.96 bits per heavy atom. The Labute approximate surface area is 145 Å². The Morgan fingerprint density at radius 1 is 1.25 bits per heavy atom. The summed E-state index contributed by atoms with van der Waals surface area (Å²) >= 11 is 1.72. The van der Waals surface area contributed by atoms with E-state index in [1.807, 2.05) is 6.07 Å². The molecule has 24 heavy (non-hydrogen) atoms. The van der Waals surface area contributed by atoms with Crippen molar-refractivity contribution in [3.8, 4) is 11.3 Å². The highest BCUT2D eigenvalue weighted by molar-refractivity contribution is 7.09. The van der Waals surface area contributed by atoms with Crippen molar-refractivity contribution in [2.24, 2.45) is 0 Å². The molecular formula is C18H21N5S. The van der Waals surface area contributed by atoms with E-state index in [1.54, 1.807) is 11.3 Å². The van der Waals surface area contributed by atoms with Gasteiger partial charge in [0.05, 0.1) is 12.2 Å². The van der Waals surface area contributed by atoms with Crippen molar-refractivity contribution in [1.29, 1.82) is 0 Å². The van der Waals surface area contributed by atoms with Gasteiger partial charge in [0, 0.05) is 36.4 Å². The van der Waals surface area contributed by atoms with E-state index in [4.69, 9.17) is 4.98 Å². The van der Waals surface area contributed by atoms with Crippen LogP contribution in [-0.4, -0.2) is 25.8 Å². The van der Waals surface area contributed by atoms with Gasteiger partial charge in [-0.1, -0.05) is 37.3 Å². The summed E-state index contributed by atoms with van der Waals surface area (Å²) in [7, 11) is 0. The molecule has 124 valence electrons. The van der Waals surface area contributed by atoms with Gasteiger partial charge in [-0.3, -0.25) is 0 Å². The molecule has 0 spiro atoms. The summed E-state index contributed by atoms with van der Waals surface area (Å²) < 4.78 is 2.07. The highest BCUT2D eigenvalue weighted by Gasteiger charge is 2.21. The molecular weight excluding hydrogens is 318 g/mol. The first kappa shape index (κ1) is 15.5. The lowest BCUT2D eigenvalue weighted by Gasteiger charge is -2.23. The third-order valence-corrected chi connectivity index (χ3v) is 5.23. The number of aryl methyl sites for hydroxylation is 2. The van der Waals surface area contributed by atoms with Crippen molar-refractivity contribution in [3.63, 3.8) is 0 Å². The molecule has 0 radical (unpaired) electrons. The largest absolute Gasteiger partial charge is 0.306 e. The van der Waals surface area contributed by atoms with Gasteiger partial charge >= 0.3 is 0 Å². The van der Waals surface area contributed by atoms with Gasteiger partial charge in [0.2, 0.25) is 0 Å². The van der Waals surface area contributed by atoms with E-state index >= 15 is 0 Å². The first-order chi connectivity index (χ1) is 11.8. The fourth-order valence-electron chi connectivity index (χ4n) is 3.04. The molecule has 1 aliphatic heterocycles. The van der Waals surface area contributed by atoms with Gasteiger partial charge in [0.1, 0.15) is 10.8 Å². The molecule has 0 saturated carbocycles. The van der Waals surface area contributed by atoms with E-state index in [-0.39, 0.29) is 0 Å². The molecule has 3 heterocycles. The van der Waals surface area contributed by atoms with Crippen LogP contribution in [0, 0.1) is 0 Å². The van der Waals surface area contributed by atoms with E-state index in [9.17, 15) is 0 Å². The Hall–Kier alpha value is -2.05. The van der Waals surface area contributed by atoms with E-state index < -0.39 is 0 Å². The smallest absolute Gasteiger partial charge is 0.150 e. The SMILES string of the molecule is CCc1nc2n(n1)C[C@H](NCc1nc(-c3ccccc3)cs1)CC2. The van der Waals surface area contributed by atoms with Crippen molar-refractivity contribution in [2.45, 2.75) is 45.3 Å². The van der Waals surface area contributed by atoms with Crippen molar-refractivity contribution in [3.05, 3.63) is 52.4 Å². The van der Waals surface area contributed by atoms with Crippen molar-refractivity contribution in [1.82, 2.24) is 25.1 Å². The van der Waals surface area contributed by atoms with Gasteiger partial charge in [0.15, 0.2) is 5.82 Å². The first-order valence-electron chi connectivity index (χ1n) is 8.47. The molecule has 1 aliphatic rings. The van der Waals surface area contributed by atoms with E-state index in [1.165, 1.54) is 5.56 Å². The summed E-state index contributed by atoms with van der Waals surface area (Å²) in [6.45, 7) is 3.82. The molecule has 0 amide bonds. The molecule has 1 atom stereocenters. The van der Waals surface area contributed by atoms with Crippen LogP contribution in [0.15, 0.2) is 35.7 Å². The summed E-state index contributed by atoms with van der Waals surface area (Å²) in [4.78, 5) is 9.32. The van der Waals surface area contributed by atoms with Crippen LogP contribution in [0.3, 0.4) is 0 Å². The minimum atomic E-state index is 0.438. The number of nitrogens with zero attached hydrogens (tertiary/aromatic N) is 4. The molecule has 0 saturated heterocycles. The minimum Gasteiger partial charge on any atom is -0.306 e. The molecule has 0 unspecified atom stereocenters. The Morgan fingerprint density at radius 2 is 2.12 bits per heavy atom. The molecule has 0 fully saturated rings. The summed E-state index contributed by atoms with van der Waals surface area (Å²) in [5.74, 6) is 2.09. The highest BCUT2D eigenvalue weighted by Crippen LogP contribution is 2.22. The van der Waals surface area contributed by atoms with E-state index in [0.29, 0.717) is 6.04 Å². The average Bonchev–Trinajstić information content (AvgIpc) is 3.27. The summed E-state index contributed by atoms with van der Waals surface area (Å²) in [5.41, 5.74) is 2.24. The van der Waals surface area contributed by atoms with E-state index in [0.717, 1.165) is 54.7 Å². The second kappa shape index (κ2) is 6.83. The summed E-state index contributed by atoms with van der Waals surface area (Å²) in [5, 5.41) is 11.5. The van der Waals surface area contributed by atoms with Crippen LogP contribution in [0.25, 0.3) is 11.3 Å². The zero-order valence-corrected chi connectivity index (χ0v) is 14.6. The maximum Gasteiger partial charge on any atom is 0.150 e. The lowest BCUT2D eigenvalue weighted by molar-refractivity contribution is 0.357. The fourth-order valence-corrected chi connectivity index (χ4v) is 3.80. The van der Waals surface area contributed by atoms with Crippen molar-refractivity contribution >= 4 is 11.3 Å². The number of fused-ring (bicyclic) bond motifs is 1. The Bertz CT molecular complexity index is 808. The van der Waals surface area contributed by atoms with Crippen molar-refractivity contribution in [2.75, 3.05) is 0 Å². The number of aromatic nitrogens is 4. The molecule has 6 heteroatoms. The number of hydrogen-bond acceptors (Lipinski definition) is 5. The number of hydrogen-bond donors (Lipinski definition) is 1. The maximum atomic E-state index is 4.75. The first-order valence-corrected chi connectivity index (χ1v) is 9.35. The predicted molar refractivity (Wildman–Crippen MR) is 95.9 cm³/mol. The average molecular weight is 339 g/mol. The monoisotopic (exact) mass is 339 g/mol. The zero-order valence-electron chi connectivity index (χ0n) is 13.8. The third-order valence-electron chi connectivity index (χ3n) is 4.38. The summed E-state index contributed by atoms with van der Waals surface area (Å²) in [6, 6.07) is 10.8. The minimum absolute atomic E-state index is 0.438. The second-order valence-corrected chi connectivity index (χ2v) is 7.03. The number of thiazole rings is 1. The molecule has 1 N–H and O–H groups in total. The lowest BCUT2D eigenvalue weighted by atomic mass is 10.1.